The van der Waals surface area contributed by atoms with E-state index >= 15 is 0 Å². The second kappa shape index (κ2) is 7.53. The number of nitrogens with one attached hydrogen (secondary N) is 2. The van der Waals surface area contributed by atoms with E-state index in [2.05, 4.69) is 20.7 Å². The Morgan fingerprint density at radius 3 is 2.91 bits per heavy atom. The zero-order valence-electron chi connectivity index (χ0n) is 12.2. The fraction of sp³-hybridized carbons (Fsp3) is 0.385. The molecule has 1 unspecified atom stereocenters. The molecule has 0 bridgehead atoms. The number of thiazole rings is 1. The smallest absolute Gasteiger partial charge is 0.277 e. The summed E-state index contributed by atoms with van der Waals surface area (Å²) in [6, 6.07) is 1.95. The number of primary amides is 1. The number of anilines is 1. The van der Waals surface area contributed by atoms with Crippen LogP contribution in [-0.4, -0.2) is 39.7 Å². The highest BCUT2D eigenvalue weighted by atomic mass is 35.5. The number of nitrogens with zero attached hydrogens (tertiary/aromatic N) is 3. The number of halogens is 1. The molecule has 124 valence electrons. The van der Waals surface area contributed by atoms with E-state index < -0.39 is 5.91 Å². The van der Waals surface area contributed by atoms with Crippen LogP contribution in [0.4, 0.5) is 5.13 Å². The summed E-state index contributed by atoms with van der Waals surface area (Å²) in [5.74, 6) is -0.973. The SMILES string of the molecule is Cl.NC(=O)c1csc(NC(=O)c2ccn(C3CCCNC3)n2)n1. The maximum Gasteiger partial charge on any atom is 0.277 e. The predicted octanol–water partition coefficient (Wildman–Crippen LogP) is 1.04. The summed E-state index contributed by atoms with van der Waals surface area (Å²) in [5, 5.41) is 12.1. The predicted molar refractivity (Wildman–Crippen MR) is 89.2 cm³/mol. The second-order valence-corrected chi connectivity index (χ2v) is 5.90. The van der Waals surface area contributed by atoms with Gasteiger partial charge in [0.2, 0.25) is 0 Å². The molecule has 3 rings (SSSR count). The van der Waals surface area contributed by atoms with Crippen molar-refractivity contribution in [2.24, 2.45) is 5.73 Å². The number of amides is 2. The fourth-order valence-corrected chi connectivity index (χ4v) is 3.02. The Balaban J connectivity index is 0.00000192. The highest BCUT2D eigenvalue weighted by molar-refractivity contribution is 7.14. The Hall–Kier alpha value is -1.97. The lowest BCUT2D eigenvalue weighted by molar-refractivity contribution is 0.0991. The van der Waals surface area contributed by atoms with Crippen molar-refractivity contribution in [3.05, 3.63) is 29.0 Å². The first kappa shape index (κ1) is 17.4. The Kier molecular flexibility index (Phi) is 5.69. The molecule has 0 aromatic carbocycles. The molecule has 23 heavy (non-hydrogen) atoms. The van der Waals surface area contributed by atoms with Gasteiger partial charge in [0.25, 0.3) is 11.8 Å². The van der Waals surface area contributed by atoms with Crippen molar-refractivity contribution in [2.45, 2.75) is 18.9 Å². The molecule has 1 fully saturated rings. The molecule has 3 heterocycles. The Morgan fingerprint density at radius 1 is 1.43 bits per heavy atom. The average molecular weight is 357 g/mol. The van der Waals surface area contributed by atoms with Crippen molar-refractivity contribution in [1.82, 2.24) is 20.1 Å². The van der Waals surface area contributed by atoms with Crippen molar-refractivity contribution in [3.8, 4) is 0 Å². The number of aromatic nitrogens is 3. The topological polar surface area (TPSA) is 115 Å². The minimum atomic E-state index is -0.620. The maximum atomic E-state index is 12.1. The molecule has 2 aromatic heterocycles. The van der Waals surface area contributed by atoms with Gasteiger partial charge in [0.1, 0.15) is 5.69 Å². The first-order chi connectivity index (χ1) is 10.6. The summed E-state index contributed by atoms with van der Waals surface area (Å²) in [7, 11) is 0. The number of piperidine rings is 1. The largest absolute Gasteiger partial charge is 0.364 e. The fourth-order valence-electron chi connectivity index (χ4n) is 2.33. The van der Waals surface area contributed by atoms with Crippen LogP contribution in [0.15, 0.2) is 17.6 Å². The Labute approximate surface area is 142 Å². The molecular weight excluding hydrogens is 340 g/mol. The van der Waals surface area contributed by atoms with E-state index in [4.69, 9.17) is 5.73 Å². The first-order valence-corrected chi connectivity index (χ1v) is 7.84. The Morgan fingerprint density at radius 2 is 2.26 bits per heavy atom. The molecule has 1 aliphatic heterocycles. The molecule has 4 N–H and O–H groups in total. The van der Waals surface area contributed by atoms with Crippen LogP contribution in [0.3, 0.4) is 0 Å². The minimum Gasteiger partial charge on any atom is -0.364 e. The lowest BCUT2D eigenvalue weighted by Gasteiger charge is -2.22. The van der Waals surface area contributed by atoms with E-state index in [-0.39, 0.29) is 30.0 Å². The van der Waals surface area contributed by atoms with Crippen LogP contribution in [0.2, 0.25) is 0 Å². The number of hydrogen-bond donors (Lipinski definition) is 3. The summed E-state index contributed by atoms with van der Waals surface area (Å²) in [5.41, 5.74) is 5.58. The highest BCUT2D eigenvalue weighted by Crippen LogP contribution is 2.18. The van der Waals surface area contributed by atoms with Gasteiger partial charge in [0.05, 0.1) is 6.04 Å². The molecule has 0 aliphatic carbocycles. The highest BCUT2D eigenvalue weighted by Gasteiger charge is 2.18. The lowest BCUT2D eigenvalue weighted by atomic mass is 10.1. The number of hydrogen-bond acceptors (Lipinski definition) is 6. The van der Waals surface area contributed by atoms with Crippen molar-refractivity contribution in [1.29, 1.82) is 0 Å². The number of rotatable bonds is 4. The third-order valence-corrected chi connectivity index (χ3v) is 4.22. The molecule has 1 saturated heterocycles. The van der Waals surface area contributed by atoms with Gasteiger partial charge in [-0.15, -0.1) is 23.7 Å². The standard InChI is InChI=1S/C13H16N6O2S.ClH/c14-11(20)10-7-22-13(16-10)17-12(21)9-3-5-19(18-9)8-2-1-4-15-6-8;/h3,5,7-8,15H,1-2,4,6H2,(H2,14,20)(H,16,17,21);1H. The quantitative estimate of drug-likeness (QED) is 0.757. The maximum absolute atomic E-state index is 12.1. The lowest BCUT2D eigenvalue weighted by Crippen LogP contribution is -2.32. The second-order valence-electron chi connectivity index (χ2n) is 5.04. The van der Waals surface area contributed by atoms with Crippen LogP contribution in [0.5, 0.6) is 0 Å². The molecule has 0 spiro atoms. The van der Waals surface area contributed by atoms with Gasteiger partial charge >= 0.3 is 0 Å². The molecule has 2 amide bonds. The van der Waals surface area contributed by atoms with Gasteiger partial charge in [-0.25, -0.2) is 4.98 Å². The van der Waals surface area contributed by atoms with Crippen LogP contribution in [-0.2, 0) is 0 Å². The normalized spacial score (nSPS) is 17.3. The molecular formula is C13H17ClN6O2S. The molecule has 0 saturated carbocycles. The Bertz CT molecular complexity index is 694. The van der Waals surface area contributed by atoms with Crippen molar-refractivity contribution in [2.75, 3.05) is 18.4 Å². The van der Waals surface area contributed by atoms with E-state index in [1.54, 1.807) is 6.07 Å². The van der Waals surface area contributed by atoms with Crippen molar-refractivity contribution < 1.29 is 9.59 Å². The summed E-state index contributed by atoms with van der Waals surface area (Å²) in [6.45, 7) is 1.88. The van der Waals surface area contributed by atoms with Crippen LogP contribution < -0.4 is 16.4 Å². The molecule has 2 aromatic rings. The molecule has 10 heteroatoms. The van der Waals surface area contributed by atoms with Crippen LogP contribution in [0.1, 0.15) is 39.9 Å². The molecule has 8 nitrogen and oxygen atoms in total. The van der Waals surface area contributed by atoms with Gasteiger partial charge in [0.15, 0.2) is 10.8 Å². The zero-order chi connectivity index (χ0) is 15.5. The van der Waals surface area contributed by atoms with Crippen molar-refractivity contribution >= 4 is 40.7 Å². The first-order valence-electron chi connectivity index (χ1n) is 6.96. The van der Waals surface area contributed by atoms with Gasteiger partial charge in [-0.3, -0.25) is 19.6 Å². The molecule has 0 radical (unpaired) electrons. The monoisotopic (exact) mass is 356 g/mol. The van der Waals surface area contributed by atoms with E-state index in [1.807, 2.05) is 10.9 Å². The summed E-state index contributed by atoms with van der Waals surface area (Å²) in [4.78, 5) is 27.1. The van der Waals surface area contributed by atoms with Gasteiger partial charge in [-0.1, -0.05) is 0 Å². The summed E-state index contributed by atoms with van der Waals surface area (Å²) < 4.78 is 1.82. The average Bonchev–Trinajstić information content (AvgIpc) is 3.17. The summed E-state index contributed by atoms with van der Waals surface area (Å²) in [6.07, 6.45) is 3.95. The van der Waals surface area contributed by atoms with Crippen LogP contribution in [0, 0.1) is 0 Å². The van der Waals surface area contributed by atoms with Gasteiger partial charge < -0.3 is 11.1 Å². The van der Waals surface area contributed by atoms with Crippen molar-refractivity contribution in [3.63, 3.8) is 0 Å². The van der Waals surface area contributed by atoms with E-state index in [0.29, 0.717) is 10.8 Å². The van der Waals surface area contributed by atoms with Gasteiger partial charge in [-0.05, 0) is 25.5 Å². The number of nitrogens with two attached hydrogens (primary N) is 1. The van der Waals surface area contributed by atoms with E-state index in [1.165, 1.54) is 5.38 Å². The van der Waals surface area contributed by atoms with E-state index in [0.717, 1.165) is 37.3 Å². The van der Waals surface area contributed by atoms with Gasteiger partial charge in [-0.2, -0.15) is 5.10 Å². The number of carbonyl (C=O) groups is 2. The van der Waals surface area contributed by atoms with Crippen LogP contribution in [0.25, 0.3) is 0 Å². The summed E-state index contributed by atoms with van der Waals surface area (Å²) >= 11 is 1.15. The number of carbonyl (C=O) groups excluding carboxylic acids is 2. The van der Waals surface area contributed by atoms with Crippen LogP contribution >= 0.6 is 23.7 Å². The third-order valence-electron chi connectivity index (χ3n) is 3.46. The molecule has 1 atom stereocenters. The molecule has 1 aliphatic rings. The zero-order valence-corrected chi connectivity index (χ0v) is 13.8. The third kappa shape index (κ3) is 4.06. The van der Waals surface area contributed by atoms with Gasteiger partial charge in [0, 0.05) is 18.1 Å². The minimum absolute atomic E-state index is 0. The van der Waals surface area contributed by atoms with E-state index in [9.17, 15) is 9.59 Å².